The van der Waals surface area contributed by atoms with Crippen LogP contribution in [0.5, 0.6) is 0 Å². The van der Waals surface area contributed by atoms with Gasteiger partial charge in [0.1, 0.15) is 0 Å². The first-order valence-corrected chi connectivity index (χ1v) is 5.28. The SMILES string of the molecule is CCCC[C@H](N)C(=O)NCc1ccoc1. The predicted octanol–water partition coefficient (Wildman–Crippen LogP) is 1.41. The Morgan fingerprint density at radius 3 is 3.07 bits per heavy atom. The molecule has 1 aromatic heterocycles. The van der Waals surface area contributed by atoms with E-state index < -0.39 is 6.04 Å². The van der Waals surface area contributed by atoms with E-state index in [4.69, 9.17) is 10.2 Å². The van der Waals surface area contributed by atoms with Crippen LogP contribution in [0.2, 0.25) is 0 Å². The van der Waals surface area contributed by atoms with Crippen LogP contribution >= 0.6 is 0 Å². The van der Waals surface area contributed by atoms with E-state index in [0.29, 0.717) is 6.54 Å². The van der Waals surface area contributed by atoms with Crippen LogP contribution in [0, 0.1) is 0 Å². The lowest BCUT2D eigenvalue weighted by molar-refractivity contribution is -0.122. The maximum Gasteiger partial charge on any atom is 0.237 e. The van der Waals surface area contributed by atoms with Gasteiger partial charge in [-0.25, -0.2) is 0 Å². The molecule has 84 valence electrons. The average molecular weight is 210 g/mol. The second kappa shape index (κ2) is 6.24. The van der Waals surface area contributed by atoms with E-state index in [0.717, 1.165) is 24.8 Å². The highest BCUT2D eigenvalue weighted by atomic mass is 16.3. The monoisotopic (exact) mass is 210 g/mol. The highest BCUT2D eigenvalue weighted by Gasteiger charge is 2.11. The number of amides is 1. The number of hydrogen-bond acceptors (Lipinski definition) is 3. The molecule has 0 aliphatic heterocycles. The molecule has 0 aliphatic carbocycles. The summed E-state index contributed by atoms with van der Waals surface area (Å²) in [5.74, 6) is -0.0929. The fourth-order valence-electron chi connectivity index (χ4n) is 1.27. The first kappa shape index (κ1) is 11.8. The molecule has 15 heavy (non-hydrogen) atoms. The fraction of sp³-hybridized carbons (Fsp3) is 0.545. The van der Waals surface area contributed by atoms with Crippen LogP contribution in [-0.2, 0) is 11.3 Å². The van der Waals surface area contributed by atoms with Gasteiger partial charge < -0.3 is 15.5 Å². The molecular formula is C11H18N2O2. The molecule has 0 aliphatic rings. The summed E-state index contributed by atoms with van der Waals surface area (Å²) in [6.07, 6.45) is 5.98. The Bertz CT molecular complexity index is 283. The van der Waals surface area contributed by atoms with E-state index in [9.17, 15) is 4.79 Å². The molecule has 1 amide bonds. The standard InChI is InChI=1S/C11H18N2O2/c1-2-3-4-10(12)11(14)13-7-9-5-6-15-8-9/h5-6,8,10H,2-4,7,12H2,1H3,(H,13,14)/t10-/m0/s1. The maximum absolute atomic E-state index is 11.5. The Hall–Kier alpha value is -1.29. The van der Waals surface area contributed by atoms with E-state index in [-0.39, 0.29) is 5.91 Å². The largest absolute Gasteiger partial charge is 0.472 e. The van der Waals surface area contributed by atoms with Crippen molar-refractivity contribution in [2.24, 2.45) is 5.73 Å². The van der Waals surface area contributed by atoms with Crippen molar-refractivity contribution in [1.29, 1.82) is 0 Å². The fourth-order valence-corrected chi connectivity index (χ4v) is 1.27. The van der Waals surface area contributed by atoms with Gasteiger partial charge in [-0.3, -0.25) is 4.79 Å². The van der Waals surface area contributed by atoms with Crippen LogP contribution in [0.1, 0.15) is 31.7 Å². The lowest BCUT2D eigenvalue weighted by Gasteiger charge is -2.10. The average Bonchev–Trinajstić information content (AvgIpc) is 2.75. The Morgan fingerprint density at radius 1 is 1.67 bits per heavy atom. The van der Waals surface area contributed by atoms with Crippen molar-refractivity contribution in [3.8, 4) is 0 Å². The van der Waals surface area contributed by atoms with Crippen LogP contribution in [0.15, 0.2) is 23.0 Å². The second-order valence-corrected chi connectivity index (χ2v) is 3.60. The summed E-state index contributed by atoms with van der Waals surface area (Å²) >= 11 is 0. The van der Waals surface area contributed by atoms with Gasteiger partial charge in [0, 0.05) is 12.1 Å². The summed E-state index contributed by atoms with van der Waals surface area (Å²) in [5.41, 5.74) is 6.66. The smallest absolute Gasteiger partial charge is 0.237 e. The number of carbonyl (C=O) groups excluding carboxylic acids is 1. The van der Waals surface area contributed by atoms with Gasteiger partial charge in [0.25, 0.3) is 0 Å². The summed E-state index contributed by atoms with van der Waals surface area (Å²) < 4.78 is 4.89. The normalized spacial score (nSPS) is 12.4. The summed E-state index contributed by atoms with van der Waals surface area (Å²) in [6, 6.07) is 1.43. The predicted molar refractivity (Wildman–Crippen MR) is 58.1 cm³/mol. The molecule has 4 heteroatoms. The van der Waals surface area contributed by atoms with Gasteiger partial charge in [-0.15, -0.1) is 0 Å². The third-order valence-electron chi connectivity index (χ3n) is 2.25. The molecule has 0 saturated heterocycles. The van der Waals surface area contributed by atoms with Crippen molar-refractivity contribution >= 4 is 5.91 Å². The van der Waals surface area contributed by atoms with Gasteiger partial charge >= 0.3 is 0 Å². The minimum Gasteiger partial charge on any atom is -0.472 e. The summed E-state index contributed by atoms with van der Waals surface area (Å²) in [6.45, 7) is 2.56. The summed E-state index contributed by atoms with van der Waals surface area (Å²) in [7, 11) is 0. The molecule has 0 radical (unpaired) electrons. The van der Waals surface area contributed by atoms with Gasteiger partial charge in [-0.2, -0.15) is 0 Å². The van der Waals surface area contributed by atoms with Crippen molar-refractivity contribution < 1.29 is 9.21 Å². The Labute approximate surface area is 89.8 Å². The van der Waals surface area contributed by atoms with E-state index in [1.807, 2.05) is 6.07 Å². The second-order valence-electron chi connectivity index (χ2n) is 3.60. The summed E-state index contributed by atoms with van der Waals surface area (Å²) in [4.78, 5) is 11.5. The number of carbonyl (C=O) groups is 1. The lowest BCUT2D eigenvalue weighted by atomic mass is 10.1. The number of rotatable bonds is 6. The van der Waals surface area contributed by atoms with Crippen LogP contribution in [-0.4, -0.2) is 11.9 Å². The summed E-state index contributed by atoms with van der Waals surface area (Å²) in [5, 5.41) is 2.77. The van der Waals surface area contributed by atoms with Crippen LogP contribution < -0.4 is 11.1 Å². The molecule has 1 atom stereocenters. The third kappa shape index (κ3) is 4.16. The molecule has 1 aromatic rings. The Morgan fingerprint density at radius 2 is 2.47 bits per heavy atom. The van der Waals surface area contributed by atoms with E-state index in [1.165, 1.54) is 0 Å². The van der Waals surface area contributed by atoms with Crippen molar-refractivity contribution in [2.45, 2.75) is 38.8 Å². The topological polar surface area (TPSA) is 68.3 Å². The number of unbranched alkanes of at least 4 members (excludes halogenated alkanes) is 1. The van der Waals surface area contributed by atoms with Crippen molar-refractivity contribution in [1.82, 2.24) is 5.32 Å². The quantitative estimate of drug-likeness (QED) is 0.746. The highest BCUT2D eigenvalue weighted by molar-refractivity contribution is 5.81. The molecule has 1 rings (SSSR count). The molecule has 0 saturated carbocycles. The molecule has 0 aromatic carbocycles. The zero-order valence-corrected chi connectivity index (χ0v) is 9.03. The number of nitrogens with one attached hydrogen (secondary N) is 1. The molecule has 0 spiro atoms. The molecule has 4 nitrogen and oxygen atoms in total. The zero-order valence-electron chi connectivity index (χ0n) is 9.03. The van der Waals surface area contributed by atoms with Gasteiger partial charge in [0.05, 0.1) is 18.6 Å². The van der Waals surface area contributed by atoms with Crippen molar-refractivity contribution in [3.05, 3.63) is 24.2 Å². The molecular weight excluding hydrogens is 192 g/mol. The van der Waals surface area contributed by atoms with Gasteiger partial charge in [0.15, 0.2) is 0 Å². The van der Waals surface area contributed by atoms with E-state index in [2.05, 4.69) is 12.2 Å². The molecule has 1 heterocycles. The van der Waals surface area contributed by atoms with Crippen LogP contribution in [0.3, 0.4) is 0 Å². The molecule has 0 bridgehead atoms. The highest BCUT2D eigenvalue weighted by Crippen LogP contribution is 2.01. The molecule has 0 fully saturated rings. The number of nitrogens with two attached hydrogens (primary N) is 1. The lowest BCUT2D eigenvalue weighted by Crippen LogP contribution is -2.40. The first-order chi connectivity index (χ1) is 7.24. The zero-order chi connectivity index (χ0) is 11.1. The number of hydrogen-bond donors (Lipinski definition) is 2. The molecule has 0 unspecified atom stereocenters. The molecule has 3 N–H and O–H groups in total. The minimum absolute atomic E-state index is 0.0929. The van der Waals surface area contributed by atoms with Crippen molar-refractivity contribution in [2.75, 3.05) is 0 Å². The Kier molecular flexibility index (Phi) is 4.90. The maximum atomic E-state index is 11.5. The third-order valence-corrected chi connectivity index (χ3v) is 2.25. The van der Waals surface area contributed by atoms with E-state index in [1.54, 1.807) is 12.5 Å². The van der Waals surface area contributed by atoms with Gasteiger partial charge in [-0.05, 0) is 12.5 Å². The minimum atomic E-state index is -0.392. The van der Waals surface area contributed by atoms with Crippen molar-refractivity contribution in [3.63, 3.8) is 0 Å². The number of furan rings is 1. The Balaban J connectivity index is 2.23. The van der Waals surface area contributed by atoms with Crippen LogP contribution in [0.4, 0.5) is 0 Å². The first-order valence-electron chi connectivity index (χ1n) is 5.28. The van der Waals surface area contributed by atoms with Gasteiger partial charge in [-0.1, -0.05) is 19.8 Å². The van der Waals surface area contributed by atoms with Crippen LogP contribution in [0.25, 0.3) is 0 Å². The van der Waals surface area contributed by atoms with E-state index >= 15 is 0 Å². The van der Waals surface area contributed by atoms with Gasteiger partial charge in [0.2, 0.25) is 5.91 Å².